The van der Waals surface area contributed by atoms with Crippen LogP contribution in [0.5, 0.6) is 0 Å². The lowest BCUT2D eigenvalue weighted by atomic mass is 10.1. The van der Waals surface area contributed by atoms with Crippen molar-refractivity contribution in [3.05, 3.63) is 34.6 Å². The SMILES string of the molecule is CN(CC(=O)N(C)C(C)(C)C#N)Cc1c(F)cccc1Cl. The minimum atomic E-state index is -0.881. The fourth-order valence-electron chi connectivity index (χ4n) is 1.73. The fourth-order valence-corrected chi connectivity index (χ4v) is 1.96. The minimum Gasteiger partial charge on any atom is -0.326 e. The van der Waals surface area contributed by atoms with Crippen LogP contribution in [0.3, 0.4) is 0 Å². The number of amides is 1. The number of nitriles is 1. The lowest BCUT2D eigenvalue weighted by Crippen LogP contribution is -2.47. The first-order valence-corrected chi connectivity index (χ1v) is 6.86. The number of hydrogen-bond acceptors (Lipinski definition) is 3. The van der Waals surface area contributed by atoms with Crippen LogP contribution in [0, 0.1) is 17.1 Å². The number of halogens is 2. The van der Waals surface area contributed by atoms with Gasteiger partial charge in [0.25, 0.3) is 0 Å². The van der Waals surface area contributed by atoms with Gasteiger partial charge in [0.15, 0.2) is 0 Å². The highest BCUT2D eigenvalue weighted by Crippen LogP contribution is 2.20. The van der Waals surface area contributed by atoms with Gasteiger partial charge in [-0.15, -0.1) is 0 Å². The topological polar surface area (TPSA) is 47.3 Å². The molecule has 0 radical (unpaired) electrons. The smallest absolute Gasteiger partial charge is 0.237 e. The molecular formula is C15H19ClFN3O. The van der Waals surface area contributed by atoms with Gasteiger partial charge in [-0.25, -0.2) is 4.39 Å². The average Bonchev–Trinajstić information content (AvgIpc) is 2.42. The summed E-state index contributed by atoms with van der Waals surface area (Å²) in [7, 11) is 3.28. The molecule has 1 aromatic rings. The second-order valence-electron chi connectivity index (χ2n) is 5.50. The number of likely N-dealkylation sites (N-methyl/N-ethyl adjacent to an activating group) is 2. The zero-order valence-electron chi connectivity index (χ0n) is 12.7. The third-order valence-corrected chi connectivity index (χ3v) is 3.74. The van der Waals surface area contributed by atoms with Crippen LogP contribution in [-0.4, -0.2) is 41.9 Å². The molecular weight excluding hydrogens is 293 g/mol. The number of hydrogen-bond donors (Lipinski definition) is 0. The van der Waals surface area contributed by atoms with Crippen molar-refractivity contribution in [3.8, 4) is 6.07 Å². The largest absolute Gasteiger partial charge is 0.326 e. The molecule has 0 saturated heterocycles. The molecule has 1 amide bonds. The van der Waals surface area contributed by atoms with Gasteiger partial charge in [-0.05, 0) is 33.0 Å². The van der Waals surface area contributed by atoms with Crippen molar-refractivity contribution in [1.29, 1.82) is 5.26 Å². The van der Waals surface area contributed by atoms with E-state index in [1.54, 1.807) is 38.9 Å². The average molecular weight is 312 g/mol. The van der Waals surface area contributed by atoms with Crippen LogP contribution in [0.4, 0.5) is 4.39 Å². The first kappa shape index (κ1) is 17.4. The molecule has 0 saturated carbocycles. The third-order valence-electron chi connectivity index (χ3n) is 3.38. The van der Waals surface area contributed by atoms with E-state index < -0.39 is 11.4 Å². The summed E-state index contributed by atoms with van der Waals surface area (Å²) >= 11 is 5.96. The first-order valence-electron chi connectivity index (χ1n) is 6.48. The minimum absolute atomic E-state index is 0.0757. The van der Waals surface area contributed by atoms with Crippen LogP contribution in [0.15, 0.2) is 18.2 Å². The van der Waals surface area contributed by atoms with E-state index in [-0.39, 0.29) is 19.0 Å². The molecule has 1 rings (SSSR count). The molecule has 114 valence electrons. The summed E-state index contributed by atoms with van der Waals surface area (Å²) in [5.41, 5.74) is -0.523. The Morgan fingerprint density at radius 1 is 1.43 bits per heavy atom. The van der Waals surface area contributed by atoms with E-state index in [1.165, 1.54) is 17.0 Å². The second-order valence-corrected chi connectivity index (χ2v) is 5.90. The van der Waals surface area contributed by atoms with Gasteiger partial charge in [0.2, 0.25) is 5.91 Å². The molecule has 6 heteroatoms. The monoisotopic (exact) mass is 311 g/mol. The molecule has 0 atom stereocenters. The lowest BCUT2D eigenvalue weighted by Gasteiger charge is -2.30. The molecule has 0 aliphatic carbocycles. The molecule has 0 aliphatic rings. The zero-order valence-corrected chi connectivity index (χ0v) is 13.4. The number of carbonyl (C=O) groups excluding carboxylic acids is 1. The lowest BCUT2D eigenvalue weighted by molar-refractivity contribution is -0.134. The Kier molecular flexibility index (Phi) is 5.70. The van der Waals surface area contributed by atoms with E-state index in [0.29, 0.717) is 10.6 Å². The predicted molar refractivity (Wildman–Crippen MR) is 80.2 cm³/mol. The molecule has 0 unspecified atom stereocenters. The standard InChI is InChI=1S/C15H19ClFN3O/c1-15(2,10-18)20(4)14(21)9-19(3)8-11-12(16)6-5-7-13(11)17/h5-7H,8-9H2,1-4H3. The summed E-state index contributed by atoms with van der Waals surface area (Å²) in [4.78, 5) is 15.2. The van der Waals surface area contributed by atoms with Gasteiger partial charge in [0, 0.05) is 24.2 Å². The van der Waals surface area contributed by atoms with Gasteiger partial charge in [-0.1, -0.05) is 17.7 Å². The van der Waals surface area contributed by atoms with E-state index in [1.807, 2.05) is 0 Å². The van der Waals surface area contributed by atoms with Gasteiger partial charge in [0.05, 0.1) is 12.6 Å². The Morgan fingerprint density at radius 2 is 2.05 bits per heavy atom. The normalized spacial score (nSPS) is 11.3. The summed E-state index contributed by atoms with van der Waals surface area (Å²) in [5.74, 6) is -0.607. The van der Waals surface area contributed by atoms with Crippen LogP contribution < -0.4 is 0 Å². The van der Waals surface area contributed by atoms with E-state index >= 15 is 0 Å². The molecule has 0 N–H and O–H groups in total. The van der Waals surface area contributed by atoms with Crippen LogP contribution in [0.1, 0.15) is 19.4 Å². The highest BCUT2D eigenvalue weighted by molar-refractivity contribution is 6.31. The second kappa shape index (κ2) is 6.88. The Hall–Kier alpha value is -1.64. The van der Waals surface area contributed by atoms with Crippen LogP contribution in [-0.2, 0) is 11.3 Å². The molecule has 0 heterocycles. The summed E-state index contributed by atoms with van der Waals surface area (Å²) in [6.07, 6.45) is 0. The molecule has 0 aliphatic heterocycles. The first-order chi connectivity index (χ1) is 9.69. The van der Waals surface area contributed by atoms with Crippen molar-refractivity contribution in [2.45, 2.75) is 25.9 Å². The van der Waals surface area contributed by atoms with Crippen LogP contribution in [0.25, 0.3) is 0 Å². The maximum atomic E-state index is 13.7. The van der Waals surface area contributed by atoms with Gasteiger partial charge < -0.3 is 4.90 Å². The molecule has 4 nitrogen and oxygen atoms in total. The predicted octanol–water partition coefficient (Wildman–Crippen LogP) is 2.67. The summed E-state index contributed by atoms with van der Waals surface area (Å²) in [6, 6.07) is 6.55. The van der Waals surface area contributed by atoms with Crippen molar-refractivity contribution in [3.63, 3.8) is 0 Å². The third kappa shape index (κ3) is 4.42. The maximum absolute atomic E-state index is 13.7. The van der Waals surface area contributed by atoms with E-state index in [4.69, 9.17) is 16.9 Å². The number of nitrogens with zero attached hydrogens (tertiary/aromatic N) is 3. The number of rotatable bonds is 5. The summed E-state index contributed by atoms with van der Waals surface area (Å²) < 4.78 is 13.7. The Morgan fingerprint density at radius 3 is 2.57 bits per heavy atom. The summed E-state index contributed by atoms with van der Waals surface area (Å²) in [6.45, 7) is 3.63. The number of carbonyl (C=O) groups is 1. The van der Waals surface area contributed by atoms with E-state index in [9.17, 15) is 9.18 Å². The van der Waals surface area contributed by atoms with E-state index in [2.05, 4.69) is 6.07 Å². The number of benzene rings is 1. The molecule has 0 bridgehead atoms. The maximum Gasteiger partial charge on any atom is 0.237 e. The molecule has 0 aromatic heterocycles. The molecule has 1 aromatic carbocycles. The highest BCUT2D eigenvalue weighted by atomic mass is 35.5. The van der Waals surface area contributed by atoms with Crippen molar-refractivity contribution < 1.29 is 9.18 Å². The van der Waals surface area contributed by atoms with Crippen LogP contribution >= 0.6 is 11.6 Å². The summed E-state index contributed by atoms with van der Waals surface area (Å²) in [5, 5.41) is 9.36. The van der Waals surface area contributed by atoms with Crippen molar-refractivity contribution in [1.82, 2.24) is 9.80 Å². The Bertz CT molecular complexity index is 548. The van der Waals surface area contributed by atoms with Crippen molar-refractivity contribution in [2.75, 3.05) is 20.6 Å². The van der Waals surface area contributed by atoms with Crippen molar-refractivity contribution >= 4 is 17.5 Å². The fraction of sp³-hybridized carbons (Fsp3) is 0.467. The quantitative estimate of drug-likeness (QED) is 0.840. The van der Waals surface area contributed by atoms with E-state index in [0.717, 1.165) is 0 Å². The molecule has 0 spiro atoms. The Balaban J connectivity index is 2.73. The Labute approximate surface area is 129 Å². The molecule has 0 fully saturated rings. The van der Waals surface area contributed by atoms with Gasteiger partial charge in [-0.3, -0.25) is 9.69 Å². The van der Waals surface area contributed by atoms with Crippen LogP contribution in [0.2, 0.25) is 5.02 Å². The van der Waals surface area contributed by atoms with Gasteiger partial charge in [0.1, 0.15) is 11.4 Å². The highest BCUT2D eigenvalue weighted by Gasteiger charge is 2.27. The van der Waals surface area contributed by atoms with Crippen molar-refractivity contribution in [2.24, 2.45) is 0 Å². The molecule has 21 heavy (non-hydrogen) atoms. The van der Waals surface area contributed by atoms with Gasteiger partial charge >= 0.3 is 0 Å². The van der Waals surface area contributed by atoms with Gasteiger partial charge in [-0.2, -0.15) is 5.26 Å². The zero-order chi connectivity index (χ0) is 16.2.